The highest BCUT2D eigenvalue weighted by molar-refractivity contribution is 5.90. The van der Waals surface area contributed by atoms with Gasteiger partial charge in [0.25, 0.3) is 0 Å². The highest BCUT2D eigenvalue weighted by atomic mass is 19.1. The van der Waals surface area contributed by atoms with Crippen LogP contribution >= 0.6 is 0 Å². The van der Waals surface area contributed by atoms with Crippen LogP contribution in [0.5, 0.6) is 0 Å². The minimum atomic E-state index is -1.06. The van der Waals surface area contributed by atoms with Crippen molar-refractivity contribution in [1.82, 2.24) is 4.90 Å². The van der Waals surface area contributed by atoms with Crippen LogP contribution in [0.25, 0.3) is 0 Å². The van der Waals surface area contributed by atoms with E-state index in [1.165, 1.54) is 43.1 Å². The summed E-state index contributed by atoms with van der Waals surface area (Å²) in [6.07, 6.45) is 0. The van der Waals surface area contributed by atoms with Gasteiger partial charge in [0.05, 0.1) is 5.41 Å². The first kappa shape index (κ1) is 15.1. The first-order valence-electron chi connectivity index (χ1n) is 5.94. The second-order valence-corrected chi connectivity index (χ2v) is 5.06. The van der Waals surface area contributed by atoms with Gasteiger partial charge in [-0.2, -0.15) is 0 Å². The summed E-state index contributed by atoms with van der Waals surface area (Å²) in [7, 11) is 1.45. The van der Waals surface area contributed by atoms with Gasteiger partial charge in [-0.25, -0.2) is 9.18 Å². The van der Waals surface area contributed by atoms with Crippen molar-refractivity contribution in [1.29, 1.82) is 0 Å². The summed E-state index contributed by atoms with van der Waals surface area (Å²) < 4.78 is 12.9. The average molecular weight is 267 g/mol. The molecule has 0 saturated carbocycles. The maximum Gasteiger partial charge on any atom is 0.326 e. The number of carboxylic acid groups (broad SMARTS) is 1. The zero-order valence-electron chi connectivity index (χ0n) is 11.5. The van der Waals surface area contributed by atoms with E-state index in [0.29, 0.717) is 5.56 Å². The maximum absolute atomic E-state index is 12.9. The molecule has 0 heterocycles. The van der Waals surface area contributed by atoms with Gasteiger partial charge in [-0.3, -0.25) is 4.79 Å². The van der Waals surface area contributed by atoms with Gasteiger partial charge < -0.3 is 10.0 Å². The minimum absolute atomic E-state index is 0.325. The van der Waals surface area contributed by atoms with Gasteiger partial charge in [-0.15, -0.1) is 0 Å². The first-order valence-corrected chi connectivity index (χ1v) is 5.94. The van der Waals surface area contributed by atoms with Gasteiger partial charge in [-0.05, 0) is 38.5 Å². The lowest BCUT2D eigenvalue weighted by Gasteiger charge is -2.31. The van der Waals surface area contributed by atoms with Crippen LogP contribution in [0.2, 0.25) is 0 Å². The molecule has 1 aromatic rings. The summed E-state index contributed by atoms with van der Waals surface area (Å²) in [6.45, 7) is 4.82. The van der Waals surface area contributed by atoms with Crippen LogP contribution in [0.3, 0.4) is 0 Å². The maximum atomic E-state index is 12.9. The van der Waals surface area contributed by atoms with Crippen molar-refractivity contribution in [3.8, 4) is 0 Å². The monoisotopic (exact) mass is 267 g/mol. The number of amides is 1. The number of hydrogen-bond donors (Lipinski definition) is 1. The van der Waals surface area contributed by atoms with E-state index < -0.39 is 17.4 Å². The fourth-order valence-electron chi connectivity index (χ4n) is 1.77. The number of halogens is 1. The van der Waals surface area contributed by atoms with Crippen LogP contribution < -0.4 is 0 Å². The van der Waals surface area contributed by atoms with E-state index in [1.54, 1.807) is 13.8 Å². The number of rotatable bonds is 4. The van der Waals surface area contributed by atoms with Crippen molar-refractivity contribution in [2.24, 2.45) is 0 Å². The SMILES string of the molecule is CC(C(=O)O)N(C)C(=O)C(C)(C)c1ccc(F)cc1. The molecule has 0 spiro atoms. The largest absolute Gasteiger partial charge is 0.480 e. The molecule has 1 N–H and O–H groups in total. The molecule has 19 heavy (non-hydrogen) atoms. The van der Waals surface area contributed by atoms with Gasteiger partial charge in [-0.1, -0.05) is 12.1 Å². The number of aliphatic carboxylic acids is 1. The van der Waals surface area contributed by atoms with Crippen LogP contribution in [-0.2, 0) is 15.0 Å². The highest BCUT2D eigenvalue weighted by Crippen LogP contribution is 2.26. The molecule has 0 aliphatic heterocycles. The lowest BCUT2D eigenvalue weighted by atomic mass is 9.83. The molecular weight excluding hydrogens is 249 g/mol. The zero-order valence-corrected chi connectivity index (χ0v) is 11.5. The molecule has 1 aromatic carbocycles. The summed E-state index contributed by atoms with van der Waals surface area (Å²) in [5.74, 6) is -1.76. The predicted octanol–water partition coefficient (Wildman–Crippen LogP) is 2.03. The third-order valence-corrected chi connectivity index (χ3v) is 3.36. The van der Waals surface area contributed by atoms with E-state index >= 15 is 0 Å². The Kier molecular flexibility index (Phi) is 4.29. The first-order chi connectivity index (χ1) is 8.67. The second kappa shape index (κ2) is 5.38. The normalized spacial score (nSPS) is 12.9. The fraction of sp³-hybridized carbons (Fsp3) is 0.429. The summed E-state index contributed by atoms with van der Waals surface area (Å²) in [4.78, 5) is 24.5. The Morgan fingerprint density at radius 3 is 2.16 bits per heavy atom. The Labute approximate surface area is 111 Å². The van der Waals surface area contributed by atoms with Crippen LogP contribution in [0.1, 0.15) is 26.3 Å². The van der Waals surface area contributed by atoms with Crippen molar-refractivity contribution in [2.75, 3.05) is 7.05 Å². The second-order valence-electron chi connectivity index (χ2n) is 5.06. The number of carbonyl (C=O) groups excluding carboxylic acids is 1. The molecule has 1 unspecified atom stereocenters. The predicted molar refractivity (Wildman–Crippen MR) is 69.3 cm³/mol. The van der Waals surface area contributed by atoms with Gasteiger partial charge in [0, 0.05) is 7.05 Å². The number of hydrogen-bond acceptors (Lipinski definition) is 2. The topological polar surface area (TPSA) is 57.6 Å². The molecule has 0 aromatic heterocycles. The number of carbonyl (C=O) groups is 2. The number of likely N-dealkylation sites (N-methyl/N-ethyl adjacent to an activating group) is 1. The Morgan fingerprint density at radius 2 is 1.74 bits per heavy atom. The fourth-order valence-corrected chi connectivity index (χ4v) is 1.77. The lowest BCUT2D eigenvalue weighted by molar-refractivity contribution is -0.150. The quantitative estimate of drug-likeness (QED) is 0.908. The Bertz CT molecular complexity index is 482. The van der Waals surface area contributed by atoms with Crippen LogP contribution in [-0.4, -0.2) is 35.0 Å². The number of carboxylic acids is 1. The molecule has 5 heteroatoms. The van der Waals surface area contributed by atoms with Crippen molar-refractivity contribution in [3.05, 3.63) is 35.6 Å². The zero-order chi connectivity index (χ0) is 14.8. The molecule has 1 atom stereocenters. The molecule has 0 radical (unpaired) electrons. The molecule has 0 aliphatic rings. The highest BCUT2D eigenvalue weighted by Gasteiger charge is 2.35. The van der Waals surface area contributed by atoms with E-state index in [1.807, 2.05) is 0 Å². The van der Waals surface area contributed by atoms with Gasteiger partial charge in [0.2, 0.25) is 5.91 Å². The molecule has 1 amide bonds. The van der Waals surface area contributed by atoms with Crippen molar-refractivity contribution in [2.45, 2.75) is 32.2 Å². The average Bonchev–Trinajstić information content (AvgIpc) is 2.36. The van der Waals surface area contributed by atoms with Gasteiger partial charge in [0.15, 0.2) is 0 Å². The van der Waals surface area contributed by atoms with Crippen LogP contribution in [0.4, 0.5) is 4.39 Å². The summed E-state index contributed by atoms with van der Waals surface area (Å²) in [5.41, 5.74) is -0.269. The van der Waals surface area contributed by atoms with E-state index in [9.17, 15) is 14.0 Å². The van der Waals surface area contributed by atoms with Crippen LogP contribution in [0, 0.1) is 5.82 Å². The Morgan fingerprint density at radius 1 is 1.26 bits per heavy atom. The lowest BCUT2D eigenvalue weighted by Crippen LogP contribution is -2.48. The Hall–Kier alpha value is -1.91. The van der Waals surface area contributed by atoms with Crippen molar-refractivity contribution < 1.29 is 19.1 Å². The molecular formula is C14H18FNO3. The molecule has 1 rings (SSSR count). The third-order valence-electron chi connectivity index (χ3n) is 3.36. The van der Waals surface area contributed by atoms with Gasteiger partial charge in [0.1, 0.15) is 11.9 Å². The van der Waals surface area contributed by atoms with Crippen molar-refractivity contribution >= 4 is 11.9 Å². The van der Waals surface area contributed by atoms with E-state index in [2.05, 4.69) is 0 Å². The van der Waals surface area contributed by atoms with E-state index in [4.69, 9.17) is 5.11 Å². The minimum Gasteiger partial charge on any atom is -0.480 e. The number of nitrogens with zero attached hydrogens (tertiary/aromatic N) is 1. The van der Waals surface area contributed by atoms with E-state index in [-0.39, 0.29) is 11.7 Å². The van der Waals surface area contributed by atoms with Crippen LogP contribution in [0.15, 0.2) is 24.3 Å². The molecule has 0 aliphatic carbocycles. The number of benzene rings is 1. The molecule has 104 valence electrons. The summed E-state index contributed by atoms with van der Waals surface area (Å²) in [6, 6.07) is 4.72. The molecule has 4 nitrogen and oxygen atoms in total. The smallest absolute Gasteiger partial charge is 0.326 e. The van der Waals surface area contributed by atoms with Gasteiger partial charge >= 0.3 is 5.97 Å². The molecule has 0 saturated heterocycles. The third kappa shape index (κ3) is 3.10. The van der Waals surface area contributed by atoms with Crippen molar-refractivity contribution in [3.63, 3.8) is 0 Å². The molecule has 0 bridgehead atoms. The molecule has 0 fully saturated rings. The van der Waals surface area contributed by atoms with E-state index in [0.717, 1.165) is 0 Å². The Balaban J connectivity index is 3.02. The summed E-state index contributed by atoms with van der Waals surface area (Å²) >= 11 is 0. The standard InChI is InChI=1S/C14H18FNO3/c1-9(12(17)18)16(4)13(19)14(2,3)10-5-7-11(15)8-6-10/h5-9H,1-4H3,(H,17,18). The summed E-state index contributed by atoms with van der Waals surface area (Å²) in [5, 5.41) is 8.93.